The number of amides is 1. The molecular formula is C28H36N2O2. The first-order valence-electron chi connectivity index (χ1n) is 12.4. The van der Waals surface area contributed by atoms with Gasteiger partial charge in [0.2, 0.25) is 0 Å². The van der Waals surface area contributed by atoms with E-state index in [1.807, 2.05) is 31.2 Å². The Morgan fingerprint density at radius 3 is 2.22 bits per heavy atom. The monoisotopic (exact) mass is 432 g/mol. The largest absolute Gasteiger partial charge is 0.375 e. The van der Waals surface area contributed by atoms with Gasteiger partial charge in [-0.05, 0) is 55.6 Å². The van der Waals surface area contributed by atoms with E-state index in [9.17, 15) is 9.90 Å². The highest BCUT2D eigenvalue weighted by Gasteiger charge is 2.50. The second kappa shape index (κ2) is 8.99. The lowest BCUT2D eigenvalue weighted by Gasteiger charge is -2.41. The smallest absolute Gasteiger partial charge is 0.257 e. The van der Waals surface area contributed by atoms with Crippen LogP contribution in [0.15, 0.2) is 54.6 Å². The SMILES string of the molecule is Cc1ccc(C(O)(C(=O)NC2C3CCC2CN(Cc2ccccc2)C3)C2CCCC2)cc1. The van der Waals surface area contributed by atoms with Gasteiger partial charge in [-0.3, -0.25) is 9.69 Å². The van der Waals surface area contributed by atoms with Crippen molar-refractivity contribution < 1.29 is 9.90 Å². The van der Waals surface area contributed by atoms with Gasteiger partial charge in [-0.15, -0.1) is 0 Å². The zero-order valence-electron chi connectivity index (χ0n) is 19.2. The van der Waals surface area contributed by atoms with Crippen LogP contribution in [0.1, 0.15) is 55.2 Å². The van der Waals surface area contributed by atoms with Gasteiger partial charge in [0.25, 0.3) is 5.91 Å². The molecule has 3 unspecified atom stereocenters. The Morgan fingerprint density at radius 1 is 0.969 bits per heavy atom. The van der Waals surface area contributed by atoms with Crippen LogP contribution in [0.4, 0.5) is 0 Å². The summed E-state index contributed by atoms with van der Waals surface area (Å²) in [6.45, 7) is 5.05. The Kier molecular flexibility index (Phi) is 6.09. The van der Waals surface area contributed by atoms with Crippen molar-refractivity contribution in [1.82, 2.24) is 10.2 Å². The Balaban J connectivity index is 1.31. The van der Waals surface area contributed by atoms with Gasteiger partial charge in [0.05, 0.1) is 0 Å². The molecule has 5 rings (SSSR count). The summed E-state index contributed by atoms with van der Waals surface area (Å²) < 4.78 is 0. The van der Waals surface area contributed by atoms with E-state index in [2.05, 4.69) is 40.5 Å². The maximum Gasteiger partial charge on any atom is 0.257 e. The molecule has 2 saturated carbocycles. The lowest BCUT2D eigenvalue weighted by atomic mass is 9.78. The highest BCUT2D eigenvalue weighted by Crippen LogP contribution is 2.43. The van der Waals surface area contributed by atoms with Gasteiger partial charge in [0.15, 0.2) is 5.60 Å². The first-order chi connectivity index (χ1) is 15.5. The second-order valence-electron chi connectivity index (χ2n) is 10.4. The molecule has 0 radical (unpaired) electrons. The lowest BCUT2D eigenvalue weighted by molar-refractivity contribution is -0.149. The zero-order valence-corrected chi connectivity index (χ0v) is 19.2. The number of carbonyl (C=O) groups excluding carboxylic acids is 1. The van der Waals surface area contributed by atoms with Crippen LogP contribution in [0.5, 0.6) is 0 Å². The number of hydrogen-bond donors (Lipinski definition) is 2. The molecule has 1 aliphatic heterocycles. The van der Waals surface area contributed by atoms with Crippen molar-refractivity contribution >= 4 is 5.91 Å². The number of nitrogens with one attached hydrogen (secondary N) is 1. The summed E-state index contributed by atoms with van der Waals surface area (Å²) in [5, 5.41) is 15.3. The summed E-state index contributed by atoms with van der Waals surface area (Å²) in [6, 6.07) is 18.7. The van der Waals surface area contributed by atoms with Crippen LogP contribution in [0, 0.1) is 24.7 Å². The molecule has 32 heavy (non-hydrogen) atoms. The summed E-state index contributed by atoms with van der Waals surface area (Å²) in [5.41, 5.74) is 1.82. The standard InChI is InChI=1S/C28H36N2O2/c1-20-11-15-25(16-12-20)28(32,24-9-5-6-10-24)27(31)29-26-22-13-14-23(26)19-30(18-22)17-21-7-3-2-4-8-21/h2-4,7-8,11-12,15-16,22-24,26,32H,5-6,9-10,13-14,17-19H2,1H3,(H,29,31). The highest BCUT2D eigenvalue weighted by molar-refractivity contribution is 5.87. The maximum atomic E-state index is 13.7. The third-order valence-electron chi connectivity index (χ3n) is 8.24. The number of aliphatic hydroxyl groups is 1. The summed E-state index contributed by atoms with van der Waals surface area (Å²) in [7, 11) is 0. The molecule has 0 aromatic heterocycles. The van der Waals surface area contributed by atoms with Crippen LogP contribution >= 0.6 is 0 Å². The fraction of sp³-hybridized carbons (Fsp3) is 0.536. The molecule has 0 spiro atoms. The predicted molar refractivity (Wildman–Crippen MR) is 127 cm³/mol. The van der Waals surface area contributed by atoms with Gasteiger partial charge in [-0.25, -0.2) is 0 Å². The second-order valence-corrected chi connectivity index (χ2v) is 10.4. The molecule has 2 aliphatic carbocycles. The van der Waals surface area contributed by atoms with E-state index < -0.39 is 5.60 Å². The number of piperidine rings is 1. The summed E-state index contributed by atoms with van der Waals surface area (Å²) in [5.74, 6) is 0.757. The maximum absolute atomic E-state index is 13.7. The number of benzene rings is 2. The molecule has 2 aromatic rings. The molecule has 3 aliphatic rings. The Bertz CT molecular complexity index is 908. The highest BCUT2D eigenvalue weighted by atomic mass is 16.3. The van der Waals surface area contributed by atoms with E-state index in [4.69, 9.17) is 0 Å². The average Bonchev–Trinajstić information content (AvgIpc) is 3.41. The lowest BCUT2D eigenvalue weighted by Crippen LogP contribution is -2.57. The van der Waals surface area contributed by atoms with E-state index in [-0.39, 0.29) is 17.9 Å². The van der Waals surface area contributed by atoms with Crippen molar-refractivity contribution in [1.29, 1.82) is 0 Å². The average molecular weight is 433 g/mol. The summed E-state index contributed by atoms with van der Waals surface area (Å²) in [4.78, 5) is 16.3. The van der Waals surface area contributed by atoms with Crippen LogP contribution in [-0.4, -0.2) is 35.0 Å². The van der Waals surface area contributed by atoms with Crippen LogP contribution in [0.3, 0.4) is 0 Å². The normalized spacial score (nSPS) is 27.9. The third kappa shape index (κ3) is 4.11. The van der Waals surface area contributed by atoms with E-state index in [1.54, 1.807) is 0 Å². The topological polar surface area (TPSA) is 52.6 Å². The molecule has 2 bridgehead atoms. The van der Waals surface area contributed by atoms with Crippen molar-refractivity contribution in [3.05, 3.63) is 71.3 Å². The van der Waals surface area contributed by atoms with Gasteiger partial charge in [-0.1, -0.05) is 73.0 Å². The minimum atomic E-state index is -1.43. The molecule has 2 N–H and O–H groups in total. The van der Waals surface area contributed by atoms with Crippen molar-refractivity contribution in [3.63, 3.8) is 0 Å². The molecular weight excluding hydrogens is 396 g/mol. The molecule has 4 nitrogen and oxygen atoms in total. The van der Waals surface area contributed by atoms with E-state index >= 15 is 0 Å². The van der Waals surface area contributed by atoms with Crippen LogP contribution in [0.2, 0.25) is 0 Å². The molecule has 3 atom stereocenters. The molecule has 3 fully saturated rings. The molecule has 2 aromatic carbocycles. The Hall–Kier alpha value is -2.17. The van der Waals surface area contributed by atoms with Crippen LogP contribution in [-0.2, 0) is 16.9 Å². The first kappa shape index (κ1) is 21.7. The van der Waals surface area contributed by atoms with E-state index in [0.717, 1.165) is 69.3 Å². The number of nitrogens with zero attached hydrogens (tertiary/aromatic N) is 1. The van der Waals surface area contributed by atoms with E-state index in [0.29, 0.717) is 11.8 Å². The zero-order chi connectivity index (χ0) is 22.1. The van der Waals surface area contributed by atoms with Gasteiger partial charge in [0.1, 0.15) is 0 Å². The first-order valence-corrected chi connectivity index (χ1v) is 12.4. The van der Waals surface area contributed by atoms with Crippen molar-refractivity contribution in [2.75, 3.05) is 13.1 Å². The molecule has 170 valence electrons. The van der Waals surface area contributed by atoms with Crippen molar-refractivity contribution in [2.45, 2.75) is 63.6 Å². The predicted octanol–water partition coefficient (Wildman–Crippen LogP) is 4.40. The molecule has 1 saturated heterocycles. The fourth-order valence-electron chi connectivity index (χ4n) is 6.49. The number of rotatable bonds is 6. The van der Waals surface area contributed by atoms with Gasteiger partial charge in [-0.2, -0.15) is 0 Å². The Labute approximate surface area is 192 Å². The van der Waals surface area contributed by atoms with Crippen LogP contribution < -0.4 is 5.32 Å². The number of likely N-dealkylation sites (tertiary alicyclic amines) is 1. The van der Waals surface area contributed by atoms with Crippen LogP contribution in [0.25, 0.3) is 0 Å². The fourth-order valence-corrected chi connectivity index (χ4v) is 6.49. The van der Waals surface area contributed by atoms with Gasteiger partial charge >= 0.3 is 0 Å². The quantitative estimate of drug-likeness (QED) is 0.711. The van der Waals surface area contributed by atoms with Crippen molar-refractivity contribution in [3.8, 4) is 0 Å². The number of hydrogen-bond acceptors (Lipinski definition) is 3. The summed E-state index contributed by atoms with van der Waals surface area (Å²) >= 11 is 0. The molecule has 1 heterocycles. The number of fused-ring (bicyclic) bond motifs is 2. The minimum Gasteiger partial charge on any atom is -0.375 e. The molecule has 1 amide bonds. The van der Waals surface area contributed by atoms with Gasteiger partial charge in [0, 0.05) is 31.6 Å². The number of aryl methyl sites for hydroxylation is 1. The molecule has 4 heteroatoms. The summed E-state index contributed by atoms with van der Waals surface area (Å²) in [6.07, 6.45) is 6.34. The third-order valence-corrected chi connectivity index (χ3v) is 8.24. The van der Waals surface area contributed by atoms with Gasteiger partial charge < -0.3 is 10.4 Å². The van der Waals surface area contributed by atoms with E-state index in [1.165, 1.54) is 5.56 Å². The van der Waals surface area contributed by atoms with Crippen molar-refractivity contribution in [2.24, 2.45) is 17.8 Å². The minimum absolute atomic E-state index is 0.000953. The Morgan fingerprint density at radius 2 is 1.59 bits per heavy atom. The number of carbonyl (C=O) groups is 1.